The Morgan fingerprint density at radius 2 is 1.70 bits per heavy atom. The molecule has 3 rings (SSSR count). The molecule has 5 nitrogen and oxygen atoms in total. The zero-order valence-corrected chi connectivity index (χ0v) is 12.9. The van der Waals surface area contributed by atoms with E-state index in [2.05, 4.69) is 10.1 Å². The Kier molecular flexibility index (Phi) is 3.85. The molecule has 23 heavy (non-hydrogen) atoms. The summed E-state index contributed by atoms with van der Waals surface area (Å²) in [5.74, 6) is -0.598. The van der Waals surface area contributed by atoms with Gasteiger partial charge in [-0.2, -0.15) is 0 Å². The highest BCUT2D eigenvalue weighted by Gasteiger charge is 2.09. The molecule has 0 fully saturated rings. The zero-order valence-electron chi connectivity index (χ0n) is 12.9. The number of rotatable bonds is 3. The van der Waals surface area contributed by atoms with Crippen molar-refractivity contribution in [1.29, 1.82) is 0 Å². The number of hydrogen-bond acceptors (Lipinski definition) is 3. The Morgan fingerprint density at radius 1 is 1.00 bits per heavy atom. The Morgan fingerprint density at radius 3 is 2.39 bits per heavy atom. The van der Waals surface area contributed by atoms with E-state index >= 15 is 0 Å². The standard InChI is InChI=1S/C18H16N2O3/c1-20-10-9-13-11-14(5-8-16(13)20)17(21)19-15-6-3-12(4-7-15)18(22)23-2/h3-11H,1-2H3,(H,19,21). The smallest absolute Gasteiger partial charge is 0.337 e. The van der Waals surface area contributed by atoms with E-state index in [1.165, 1.54) is 7.11 Å². The van der Waals surface area contributed by atoms with E-state index in [9.17, 15) is 9.59 Å². The van der Waals surface area contributed by atoms with Crippen molar-refractivity contribution in [3.05, 3.63) is 65.9 Å². The fourth-order valence-corrected chi connectivity index (χ4v) is 2.43. The number of methoxy groups -OCH3 is 1. The van der Waals surface area contributed by atoms with E-state index in [1.54, 1.807) is 30.3 Å². The number of fused-ring (bicyclic) bond motifs is 1. The first-order chi connectivity index (χ1) is 11.1. The average Bonchev–Trinajstić information content (AvgIpc) is 2.95. The molecular formula is C18H16N2O3. The third kappa shape index (κ3) is 2.94. The molecule has 0 aliphatic carbocycles. The van der Waals surface area contributed by atoms with Crippen LogP contribution in [0.5, 0.6) is 0 Å². The lowest BCUT2D eigenvalue weighted by Crippen LogP contribution is -2.12. The number of esters is 1. The van der Waals surface area contributed by atoms with Crippen molar-refractivity contribution in [2.75, 3.05) is 12.4 Å². The van der Waals surface area contributed by atoms with Gasteiger partial charge in [-0.05, 0) is 48.5 Å². The molecule has 1 N–H and O–H groups in total. The van der Waals surface area contributed by atoms with Gasteiger partial charge in [-0.15, -0.1) is 0 Å². The van der Waals surface area contributed by atoms with Crippen LogP contribution in [0.4, 0.5) is 5.69 Å². The SMILES string of the molecule is COC(=O)c1ccc(NC(=O)c2ccc3c(ccn3C)c2)cc1. The molecule has 1 aromatic heterocycles. The molecular weight excluding hydrogens is 292 g/mol. The second-order valence-electron chi connectivity index (χ2n) is 5.22. The predicted molar refractivity (Wildman–Crippen MR) is 88.7 cm³/mol. The van der Waals surface area contributed by atoms with Crippen molar-refractivity contribution < 1.29 is 14.3 Å². The highest BCUT2D eigenvalue weighted by Crippen LogP contribution is 2.18. The van der Waals surface area contributed by atoms with Crippen molar-refractivity contribution in [3.63, 3.8) is 0 Å². The number of ether oxygens (including phenoxy) is 1. The van der Waals surface area contributed by atoms with Crippen molar-refractivity contribution in [1.82, 2.24) is 4.57 Å². The van der Waals surface area contributed by atoms with E-state index in [-0.39, 0.29) is 5.91 Å². The normalized spacial score (nSPS) is 10.5. The van der Waals surface area contributed by atoms with Crippen molar-refractivity contribution in [2.45, 2.75) is 0 Å². The Hall–Kier alpha value is -3.08. The third-order valence-electron chi connectivity index (χ3n) is 3.71. The number of hydrogen-bond donors (Lipinski definition) is 1. The van der Waals surface area contributed by atoms with Crippen LogP contribution < -0.4 is 5.32 Å². The van der Waals surface area contributed by atoms with E-state index in [0.29, 0.717) is 16.8 Å². The summed E-state index contributed by atoms with van der Waals surface area (Å²) in [7, 11) is 3.29. The monoisotopic (exact) mass is 308 g/mol. The molecule has 2 aromatic carbocycles. The minimum Gasteiger partial charge on any atom is -0.465 e. The van der Waals surface area contributed by atoms with Crippen LogP contribution in [0.25, 0.3) is 10.9 Å². The van der Waals surface area contributed by atoms with Gasteiger partial charge >= 0.3 is 5.97 Å². The zero-order chi connectivity index (χ0) is 16.4. The number of aromatic nitrogens is 1. The van der Waals surface area contributed by atoms with Gasteiger partial charge in [0.1, 0.15) is 0 Å². The molecule has 0 aliphatic rings. The van der Waals surface area contributed by atoms with Gasteiger partial charge in [-0.1, -0.05) is 0 Å². The number of nitrogens with zero attached hydrogens (tertiary/aromatic N) is 1. The minimum atomic E-state index is -0.405. The summed E-state index contributed by atoms with van der Waals surface area (Å²) >= 11 is 0. The van der Waals surface area contributed by atoms with Crippen molar-refractivity contribution >= 4 is 28.5 Å². The molecule has 5 heteroatoms. The summed E-state index contributed by atoms with van der Waals surface area (Å²) in [6.07, 6.45) is 1.96. The lowest BCUT2D eigenvalue weighted by atomic mass is 10.1. The van der Waals surface area contributed by atoms with Crippen molar-refractivity contribution in [2.24, 2.45) is 7.05 Å². The highest BCUT2D eigenvalue weighted by molar-refractivity contribution is 6.06. The quantitative estimate of drug-likeness (QED) is 0.756. The fourth-order valence-electron chi connectivity index (χ4n) is 2.43. The van der Waals surface area contributed by atoms with Gasteiger partial charge in [0.15, 0.2) is 0 Å². The first-order valence-corrected chi connectivity index (χ1v) is 7.13. The lowest BCUT2D eigenvalue weighted by Gasteiger charge is -2.07. The largest absolute Gasteiger partial charge is 0.465 e. The predicted octanol–water partition coefficient (Wildman–Crippen LogP) is 3.22. The highest BCUT2D eigenvalue weighted by atomic mass is 16.5. The summed E-state index contributed by atoms with van der Waals surface area (Å²) < 4.78 is 6.64. The van der Waals surface area contributed by atoms with Crippen LogP contribution in [0.15, 0.2) is 54.7 Å². The Labute approximate surface area is 133 Å². The number of amides is 1. The molecule has 1 amide bonds. The number of aryl methyl sites for hydroxylation is 1. The maximum absolute atomic E-state index is 12.3. The molecule has 0 bridgehead atoms. The number of benzene rings is 2. The van der Waals surface area contributed by atoms with Gasteiger partial charge in [0.25, 0.3) is 5.91 Å². The Balaban J connectivity index is 1.78. The molecule has 0 saturated carbocycles. The summed E-state index contributed by atoms with van der Waals surface area (Å²) in [5.41, 5.74) is 2.72. The lowest BCUT2D eigenvalue weighted by molar-refractivity contribution is 0.0600. The molecule has 0 saturated heterocycles. The van der Waals surface area contributed by atoms with Crippen LogP contribution in [0, 0.1) is 0 Å². The average molecular weight is 308 g/mol. The number of nitrogens with one attached hydrogen (secondary N) is 1. The van der Waals surface area contributed by atoms with E-state index in [4.69, 9.17) is 0 Å². The van der Waals surface area contributed by atoms with E-state index in [0.717, 1.165) is 10.9 Å². The van der Waals surface area contributed by atoms with Gasteiger partial charge in [0.05, 0.1) is 12.7 Å². The van der Waals surface area contributed by atoms with Gasteiger partial charge in [0, 0.05) is 35.4 Å². The van der Waals surface area contributed by atoms with Crippen LogP contribution in [0.3, 0.4) is 0 Å². The molecule has 1 heterocycles. The summed E-state index contributed by atoms with van der Waals surface area (Å²) in [4.78, 5) is 23.7. The fraction of sp³-hybridized carbons (Fsp3) is 0.111. The molecule has 116 valence electrons. The number of carbonyl (C=O) groups excluding carboxylic acids is 2. The second kappa shape index (κ2) is 5.96. The number of carbonyl (C=O) groups is 2. The summed E-state index contributed by atoms with van der Waals surface area (Å²) in [5, 5.41) is 3.83. The minimum absolute atomic E-state index is 0.193. The van der Waals surface area contributed by atoms with Gasteiger partial charge in [-0.3, -0.25) is 4.79 Å². The van der Waals surface area contributed by atoms with Crippen LogP contribution in [0.1, 0.15) is 20.7 Å². The van der Waals surface area contributed by atoms with Crippen LogP contribution in [0.2, 0.25) is 0 Å². The molecule has 0 aliphatic heterocycles. The summed E-state index contributed by atoms with van der Waals surface area (Å²) in [6, 6.07) is 14.1. The van der Waals surface area contributed by atoms with Crippen LogP contribution in [-0.2, 0) is 11.8 Å². The molecule has 0 unspecified atom stereocenters. The first kappa shape index (κ1) is 14.8. The van der Waals surface area contributed by atoms with E-state index < -0.39 is 5.97 Å². The van der Waals surface area contributed by atoms with Crippen molar-refractivity contribution in [3.8, 4) is 0 Å². The van der Waals surface area contributed by atoms with Crippen LogP contribution >= 0.6 is 0 Å². The van der Waals surface area contributed by atoms with Gasteiger partial charge in [0.2, 0.25) is 0 Å². The first-order valence-electron chi connectivity index (χ1n) is 7.13. The van der Waals surface area contributed by atoms with Gasteiger partial charge in [-0.25, -0.2) is 4.79 Å². The molecule has 0 spiro atoms. The second-order valence-corrected chi connectivity index (χ2v) is 5.22. The molecule has 0 radical (unpaired) electrons. The maximum Gasteiger partial charge on any atom is 0.337 e. The topological polar surface area (TPSA) is 60.3 Å². The van der Waals surface area contributed by atoms with E-state index in [1.807, 2.05) is 36.0 Å². The molecule has 3 aromatic rings. The Bertz CT molecular complexity index is 879. The summed E-state index contributed by atoms with van der Waals surface area (Å²) in [6.45, 7) is 0. The number of anilines is 1. The van der Waals surface area contributed by atoms with Gasteiger partial charge < -0.3 is 14.6 Å². The third-order valence-corrected chi connectivity index (χ3v) is 3.71. The van der Waals surface area contributed by atoms with Crippen LogP contribution in [-0.4, -0.2) is 23.6 Å². The molecule has 0 atom stereocenters. The maximum atomic E-state index is 12.3.